The minimum atomic E-state index is -5.80. The Morgan fingerprint density at radius 3 is 2.11 bits per heavy atom. The second-order valence-corrected chi connectivity index (χ2v) is 8.94. The number of rotatable bonds is 7. The zero-order chi connectivity index (χ0) is 26.7. The van der Waals surface area contributed by atoms with Gasteiger partial charge in [0.25, 0.3) is 6.10 Å². The van der Waals surface area contributed by atoms with Crippen LogP contribution in [0.4, 0.5) is 35.5 Å². The number of aliphatic carboxylic acids is 1. The van der Waals surface area contributed by atoms with Gasteiger partial charge in [0.2, 0.25) is 0 Å². The highest BCUT2D eigenvalue weighted by atomic mass is 19.4. The number of hydrogen-bond donors (Lipinski definition) is 1. The van der Waals surface area contributed by atoms with E-state index in [9.17, 15) is 45.4 Å². The van der Waals surface area contributed by atoms with Crippen molar-refractivity contribution in [2.24, 2.45) is 5.41 Å². The van der Waals surface area contributed by atoms with Gasteiger partial charge in [0.1, 0.15) is 23.6 Å². The molecule has 202 valence electrons. The molecule has 0 atom stereocenters. The summed E-state index contributed by atoms with van der Waals surface area (Å²) in [5.74, 6) is -1.44. The largest absolute Gasteiger partial charge is 0.492 e. The Bertz CT molecular complexity index is 926. The van der Waals surface area contributed by atoms with Gasteiger partial charge < -0.3 is 19.5 Å². The summed E-state index contributed by atoms with van der Waals surface area (Å²) in [6, 6.07) is 3.76. The third-order valence-electron chi connectivity index (χ3n) is 6.39. The maximum atomic E-state index is 13.9. The van der Waals surface area contributed by atoms with E-state index in [1.165, 1.54) is 12.1 Å². The lowest BCUT2D eigenvalue weighted by Crippen LogP contribution is -2.52. The Kier molecular flexibility index (Phi) is 8.26. The molecule has 7 nitrogen and oxygen atoms in total. The summed E-state index contributed by atoms with van der Waals surface area (Å²) in [5, 5.41) is 9.61. The van der Waals surface area contributed by atoms with Gasteiger partial charge in [-0.3, -0.25) is 9.69 Å². The number of carbonyl (C=O) groups is 2. The minimum absolute atomic E-state index is 0.0910. The van der Waals surface area contributed by atoms with E-state index in [-0.39, 0.29) is 45.1 Å². The number of carboxylic acid groups (broad SMARTS) is 1. The maximum Gasteiger partial charge on any atom is 0.434 e. The van der Waals surface area contributed by atoms with Gasteiger partial charge in [-0.05, 0) is 18.9 Å². The highest BCUT2D eigenvalue weighted by Gasteiger charge is 2.60. The zero-order valence-corrected chi connectivity index (χ0v) is 19.0. The second-order valence-electron chi connectivity index (χ2n) is 8.94. The first-order valence-corrected chi connectivity index (χ1v) is 11.2. The van der Waals surface area contributed by atoms with Gasteiger partial charge in [0.05, 0.1) is 0 Å². The van der Waals surface area contributed by atoms with E-state index in [2.05, 4.69) is 4.74 Å². The Hall–Kier alpha value is -2.77. The van der Waals surface area contributed by atoms with Crippen LogP contribution in [0.15, 0.2) is 18.2 Å². The van der Waals surface area contributed by atoms with Crippen molar-refractivity contribution in [1.82, 2.24) is 9.80 Å². The maximum absolute atomic E-state index is 13.9. The van der Waals surface area contributed by atoms with Crippen molar-refractivity contribution in [2.45, 2.75) is 50.7 Å². The molecule has 1 heterocycles. The molecular formula is C22H25F7N2O5. The summed E-state index contributed by atoms with van der Waals surface area (Å²) in [4.78, 5) is 26.2. The molecule has 0 radical (unpaired) electrons. The standard InChI is InChI=1S/C22H25F7N2O5/c23-15-4-3-14(16(11-15)35-13-20(18(32)33)5-1-2-6-20)12-30-7-9-31(10-8-30)19(34)36-17(21(24,25)26)22(27,28)29/h3-4,11,17H,1-2,5-10,12-13H2,(H,32,33). The number of ether oxygens (including phenoxy) is 2. The summed E-state index contributed by atoms with van der Waals surface area (Å²) in [6.07, 6.45) is -15.2. The molecule has 1 saturated carbocycles. The summed E-state index contributed by atoms with van der Waals surface area (Å²) in [5.41, 5.74) is -0.541. The Morgan fingerprint density at radius 2 is 1.58 bits per heavy atom. The number of amides is 1. The van der Waals surface area contributed by atoms with Crippen LogP contribution in [0.2, 0.25) is 0 Å². The quantitative estimate of drug-likeness (QED) is 0.520. The molecule has 1 saturated heterocycles. The zero-order valence-electron chi connectivity index (χ0n) is 19.0. The van der Waals surface area contributed by atoms with E-state index < -0.39 is 41.8 Å². The summed E-state index contributed by atoms with van der Waals surface area (Å²) in [6.45, 7) is -0.173. The third kappa shape index (κ3) is 6.71. The van der Waals surface area contributed by atoms with E-state index in [4.69, 9.17) is 4.74 Å². The lowest BCUT2D eigenvalue weighted by Gasteiger charge is -2.35. The molecule has 1 N–H and O–H groups in total. The molecule has 1 aliphatic heterocycles. The highest BCUT2D eigenvalue weighted by Crippen LogP contribution is 2.39. The van der Waals surface area contributed by atoms with Crippen molar-refractivity contribution in [3.8, 4) is 5.75 Å². The summed E-state index contributed by atoms with van der Waals surface area (Å²) >= 11 is 0. The molecule has 2 fully saturated rings. The SMILES string of the molecule is O=C(OC(C(F)(F)F)C(F)(F)F)N1CCN(Cc2ccc(F)cc2OCC2(C(=O)O)CCCC2)CC1. The van der Waals surface area contributed by atoms with Crippen LogP contribution in [-0.4, -0.2) is 78.2 Å². The van der Waals surface area contributed by atoms with Crippen LogP contribution < -0.4 is 4.74 Å². The Balaban J connectivity index is 1.59. The first-order chi connectivity index (χ1) is 16.7. The average Bonchev–Trinajstić information content (AvgIpc) is 3.27. The highest BCUT2D eigenvalue weighted by molar-refractivity contribution is 5.75. The van der Waals surface area contributed by atoms with Gasteiger partial charge in [0, 0.05) is 44.4 Å². The summed E-state index contributed by atoms with van der Waals surface area (Å²) < 4.78 is 99.2. The molecule has 0 unspecified atom stereocenters. The van der Waals surface area contributed by atoms with Crippen molar-refractivity contribution in [1.29, 1.82) is 0 Å². The van der Waals surface area contributed by atoms with Gasteiger partial charge in [0.15, 0.2) is 0 Å². The van der Waals surface area contributed by atoms with E-state index in [0.717, 1.165) is 23.8 Å². The lowest BCUT2D eigenvalue weighted by atomic mass is 9.87. The monoisotopic (exact) mass is 530 g/mol. The van der Waals surface area contributed by atoms with Crippen LogP contribution >= 0.6 is 0 Å². The van der Waals surface area contributed by atoms with Gasteiger partial charge >= 0.3 is 24.4 Å². The molecule has 1 aliphatic carbocycles. The van der Waals surface area contributed by atoms with Crippen LogP contribution in [-0.2, 0) is 16.1 Å². The van der Waals surface area contributed by atoms with Crippen LogP contribution in [0, 0.1) is 11.2 Å². The van der Waals surface area contributed by atoms with Crippen LogP contribution in [0.5, 0.6) is 5.75 Å². The molecule has 1 aromatic carbocycles. The van der Waals surface area contributed by atoms with Crippen molar-refractivity contribution in [2.75, 3.05) is 32.8 Å². The first-order valence-electron chi connectivity index (χ1n) is 11.2. The summed E-state index contributed by atoms with van der Waals surface area (Å²) in [7, 11) is 0. The molecule has 36 heavy (non-hydrogen) atoms. The number of piperazine rings is 1. The van der Waals surface area contributed by atoms with Crippen molar-refractivity contribution >= 4 is 12.1 Å². The number of benzene rings is 1. The minimum Gasteiger partial charge on any atom is -0.492 e. The number of alkyl halides is 6. The normalized spacial score (nSPS) is 18.9. The van der Waals surface area contributed by atoms with Gasteiger partial charge in [-0.2, -0.15) is 26.3 Å². The molecule has 3 rings (SSSR count). The first kappa shape index (κ1) is 27.8. The molecule has 0 spiro atoms. The second kappa shape index (κ2) is 10.7. The Labute approximate surface area is 201 Å². The van der Waals surface area contributed by atoms with Crippen LogP contribution in [0.1, 0.15) is 31.2 Å². The average molecular weight is 530 g/mol. The number of hydrogen-bond acceptors (Lipinski definition) is 5. The van der Waals surface area contributed by atoms with Crippen LogP contribution in [0.3, 0.4) is 0 Å². The fourth-order valence-corrected chi connectivity index (χ4v) is 4.31. The van der Waals surface area contributed by atoms with Crippen LogP contribution in [0.25, 0.3) is 0 Å². The van der Waals surface area contributed by atoms with Gasteiger partial charge in [-0.25, -0.2) is 9.18 Å². The van der Waals surface area contributed by atoms with E-state index >= 15 is 0 Å². The van der Waals surface area contributed by atoms with Gasteiger partial charge in [-0.15, -0.1) is 0 Å². The topological polar surface area (TPSA) is 79.3 Å². The molecular weight excluding hydrogens is 505 g/mol. The Morgan fingerprint density at radius 1 is 1.00 bits per heavy atom. The van der Waals surface area contributed by atoms with Crippen molar-refractivity contribution in [3.05, 3.63) is 29.6 Å². The van der Waals surface area contributed by atoms with Gasteiger partial charge in [-0.1, -0.05) is 18.9 Å². The van der Waals surface area contributed by atoms with Crippen molar-refractivity contribution in [3.63, 3.8) is 0 Å². The molecule has 0 bridgehead atoms. The van der Waals surface area contributed by atoms with E-state index in [0.29, 0.717) is 18.4 Å². The number of halogens is 7. The lowest BCUT2D eigenvalue weighted by molar-refractivity contribution is -0.308. The smallest absolute Gasteiger partial charge is 0.434 e. The number of nitrogens with zero attached hydrogens (tertiary/aromatic N) is 2. The molecule has 1 amide bonds. The number of carboxylic acids is 1. The fraction of sp³-hybridized carbons (Fsp3) is 0.636. The van der Waals surface area contributed by atoms with Crippen molar-refractivity contribution < 1.29 is 54.9 Å². The number of carbonyl (C=O) groups excluding carboxylic acids is 1. The molecule has 1 aromatic rings. The third-order valence-corrected chi connectivity index (χ3v) is 6.39. The molecule has 14 heteroatoms. The molecule has 0 aromatic heterocycles. The molecule has 2 aliphatic rings. The van der Waals surface area contributed by atoms with E-state index in [1.54, 1.807) is 4.90 Å². The predicted octanol–water partition coefficient (Wildman–Crippen LogP) is 4.60. The fourth-order valence-electron chi connectivity index (χ4n) is 4.31. The van der Waals surface area contributed by atoms with E-state index in [1.807, 2.05) is 0 Å². The predicted molar refractivity (Wildman–Crippen MR) is 110 cm³/mol.